The van der Waals surface area contributed by atoms with Crippen LogP contribution in [0, 0.1) is 5.82 Å². The van der Waals surface area contributed by atoms with Crippen molar-refractivity contribution in [2.24, 2.45) is 0 Å². The number of nitrogens with zero attached hydrogens (tertiary/aromatic N) is 2. The van der Waals surface area contributed by atoms with Crippen LogP contribution in [0.3, 0.4) is 0 Å². The third-order valence-electron chi connectivity index (χ3n) is 3.54. The van der Waals surface area contributed by atoms with E-state index in [1.807, 2.05) is 0 Å². The number of benzene rings is 1. The topological polar surface area (TPSA) is 31.9 Å². The molecule has 3 rings (SSSR count). The normalized spacial score (nSPS) is 15.9. The SMILES string of the molecule is Fc1ccc2nc(N(CCCl)C3CCC3)[nH]c2c1. The van der Waals surface area contributed by atoms with Crippen molar-refractivity contribution in [1.29, 1.82) is 0 Å². The maximum Gasteiger partial charge on any atom is 0.204 e. The number of halogens is 2. The summed E-state index contributed by atoms with van der Waals surface area (Å²) in [5, 5.41) is 0. The largest absolute Gasteiger partial charge is 0.338 e. The molecule has 1 aliphatic carbocycles. The molecule has 0 amide bonds. The molecule has 18 heavy (non-hydrogen) atoms. The molecule has 1 aromatic heterocycles. The molecule has 1 aliphatic rings. The number of fused-ring (bicyclic) bond motifs is 1. The molecule has 1 saturated carbocycles. The highest BCUT2D eigenvalue weighted by Crippen LogP contribution is 2.29. The van der Waals surface area contributed by atoms with E-state index in [0.29, 0.717) is 11.9 Å². The first-order valence-corrected chi connectivity index (χ1v) is 6.79. The fourth-order valence-electron chi connectivity index (χ4n) is 2.36. The second kappa shape index (κ2) is 4.76. The van der Waals surface area contributed by atoms with Crippen molar-refractivity contribution in [2.75, 3.05) is 17.3 Å². The molecule has 0 aliphatic heterocycles. The molecule has 5 heteroatoms. The third kappa shape index (κ3) is 2.05. The zero-order chi connectivity index (χ0) is 12.5. The van der Waals surface area contributed by atoms with Gasteiger partial charge in [-0.05, 0) is 37.5 Å². The van der Waals surface area contributed by atoms with Gasteiger partial charge in [-0.1, -0.05) is 0 Å². The van der Waals surface area contributed by atoms with Crippen molar-refractivity contribution >= 4 is 28.6 Å². The van der Waals surface area contributed by atoms with Crippen molar-refractivity contribution in [3.05, 3.63) is 24.0 Å². The van der Waals surface area contributed by atoms with Crippen LogP contribution in [0.15, 0.2) is 18.2 Å². The molecule has 0 bridgehead atoms. The predicted octanol–water partition coefficient (Wildman–Crippen LogP) is 3.30. The number of imidazole rings is 1. The van der Waals surface area contributed by atoms with Crippen LogP contribution in [0.5, 0.6) is 0 Å². The Morgan fingerprint density at radius 1 is 1.44 bits per heavy atom. The summed E-state index contributed by atoms with van der Waals surface area (Å²) in [6.07, 6.45) is 3.63. The van der Waals surface area contributed by atoms with Gasteiger partial charge in [-0.25, -0.2) is 9.37 Å². The Bertz CT molecular complexity index is 550. The summed E-state index contributed by atoms with van der Waals surface area (Å²) in [6.45, 7) is 0.772. The minimum Gasteiger partial charge on any atom is -0.338 e. The molecular formula is C13H15ClFN3. The number of H-pyrrole nitrogens is 1. The van der Waals surface area contributed by atoms with Crippen LogP contribution in [-0.4, -0.2) is 28.4 Å². The van der Waals surface area contributed by atoms with Crippen molar-refractivity contribution in [2.45, 2.75) is 25.3 Å². The summed E-state index contributed by atoms with van der Waals surface area (Å²) in [5.74, 6) is 1.13. The van der Waals surface area contributed by atoms with Gasteiger partial charge >= 0.3 is 0 Å². The molecule has 0 atom stereocenters. The van der Waals surface area contributed by atoms with Gasteiger partial charge in [-0.15, -0.1) is 11.6 Å². The standard InChI is InChI=1S/C13H15ClFN3/c14-6-7-18(10-2-1-3-10)13-16-11-5-4-9(15)8-12(11)17-13/h4-5,8,10H,1-3,6-7H2,(H,16,17). The van der Waals surface area contributed by atoms with Crippen LogP contribution in [0.1, 0.15) is 19.3 Å². The van der Waals surface area contributed by atoms with Gasteiger partial charge in [0, 0.05) is 18.5 Å². The zero-order valence-electron chi connectivity index (χ0n) is 10.00. The summed E-state index contributed by atoms with van der Waals surface area (Å²) in [4.78, 5) is 9.91. The molecule has 96 valence electrons. The van der Waals surface area contributed by atoms with E-state index in [4.69, 9.17) is 11.6 Å². The summed E-state index contributed by atoms with van der Waals surface area (Å²) in [7, 11) is 0. The van der Waals surface area contributed by atoms with Gasteiger partial charge in [0.25, 0.3) is 0 Å². The quantitative estimate of drug-likeness (QED) is 0.862. The van der Waals surface area contributed by atoms with Gasteiger partial charge in [-0.2, -0.15) is 0 Å². The summed E-state index contributed by atoms with van der Waals surface area (Å²) in [6, 6.07) is 5.13. The number of nitrogens with one attached hydrogen (secondary N) is 1. The molecule has 0 saturated heterocycles. The molecule has 0 radical (unpaired) electrons. The van der Waals surface area contributed by atoms with E-state index >= 15 is 0 Å². The number of alkyl halides is 1. The Labute approximate surface area is 110 Å². The highest BCUT2D eigenvalue weighted by atomic mass is 35.5. The Hall–Kier alpha value is -1.29. The third-order valence-corrected chi connectivity index (χ3v) is 3.71. The predicted molar refractivity (Wildman–Crippen MR) is 71.8 cm³/mol. The number of aromatic amines is 1. The van der Waals surface area contributed by atoms with E-state index in [2.05, 4.69) is 14.9 Å². The van der Waals surface area contributed by atoms with Crippen LogP contribution in [0.25, 0.3) is 11.0 Å². The lowest BCUT2D eigenvalue weighted by atomic mass is 9.92. The number of hydrogen-bond donors (Lipinski definition) is 1. The number of anilines is 1. The molecule has 3 nitrogen and oxygen atoms in total. The highest BCUT2D eigenvalue weighted by molar-refractivity contribution is 6.18. The van der Waals surface area contributed by atoms with Gasteiger partial charge in [0.2, 0.25) is 5.95 Å². The fourth-order valence-corrected chi connectivity index (χ4v) is 2.54. The van der Waals surface area contributed by atoms with Gasteiger partial charge in [0.05, 0.1) is 11.0 Å². The Kier molecular flexibility index (Phi) is 3.12. The molecule has 1 N–H and O–H groups in total. The average Bonchev–Trinajstić information content (AvgIpc) is 2.68. The molecule has 1 heterocycles. The number of rotatable bonds is 4. The van der Waals surface area contributed by atoms with Crippen LogP contribution in [-0.2, 0) is 0 Å². The first-order chi connectivity index (χ1) is 8.78. The molecule has 0 spiro atoms. The van der Waals surface area contributed by atoms with Crippen LogP contribution < -0.4 is 4.90 Å². The molecule has 1 fully saturated rings. The number of hydrogen-bond acceptors (Lipinski definition) is 2. The van der Waals surface area contributed by atoms with Gasteiger partial charge in [0.1, 0.15) is 5.82 Å². The lowest BCUT2D eigenvalue weighted by molar-refractivity contribution is 0.387. The van der Waals surface area contributed by atoms with E-state index in [-0.39, 0.29) is 5.82 Å². The van der Waals surface area contributed by atoms with Crippen molar-refractivity contribution in [3.8, 4) is 0 Å². The minimum atomic E-state index is -0.245. The zero-order valence-corrected chi connectivity index (χ0v) is 10.8. The first kappa shape index (κ1) is 11.8. The van der Waals surface area contributed by atoms with Crippen LogP contribution >= 0.6 is 11.6 Å². The Morgan fingerprint density at radius 2 is 2.28 bits per heavy atom. The molecule has 2 aromatic rings. The summed E-state index contributed by atoms with van der Waals surface area (Å²) >= 11 is 5.85. The van der Waals surface area contributed by atoms with E-state index in [1.54, 1.807) is 6.07 Å². The van der Waals surface area contributed by atoms with Gasteiger partial charge in [0.15, 0.2) is 0 Å². The molecule has 0 unspecified atom stereocenters. The van der Waals surface area contributed by atoms with Gasteiger partial charge in [-0.3, -0.25) is 0 Å². The van der Waals surface area contributed by atoms with E-state index in [0.717, 1.165) is 23.5 Å². The highest BCUT2D eigenvalue weighted by Gasteiger charge is 2.26. The average molecular weight is 268 g/mol. The lowest BCUT2D eigenvalue weighted by Gasteiger charge is -2.37. The van der Waals surface area contributed by atoms with E-state index in [9.17, 15) is 4.39 Å². The first-order valence-electron chi connectivity index (χ1n) is 6.26. The minimum absolute atomic E-state index is 0.245. The maximum absolute atomic E-state index is 13.1. The number of aromatic nitrogens is 2. The monoisotopic (exact) mass is 267 g/mol. The van der Waals surface area contributed by atoms with Gasteiger partial charge < -0.3 is 9.88 Å². The van der Waals surface area contributed by atoms with Crippen LogP contribution in [0.2, 0.25) is 0 Å². The van der Waals surface area contributed by atoms with Crippen LogP contribution in [0.4, 0.5) is 10.3 Å². The molecule has 1 aromatic carbocycles. The fraction of sp³-hybridized carbons (Fsp3) is 0.462. The maximum atomic E-state index is 13.1. The Balaban J connectivity index is 1.95. The second-order valence-electron chi connectivity index (χ2n) is 4.69. The van der Waals surface area contributed by atoms with Crippen molar-refractivity contribution in [3.63, 3.8) is 0 Å². The Morgan fingerprint density at radius 3 is 2.94 bits per heavy atom. The van der Waals surface area contributed by atoms with E-state index in [1.165, 1.54) is 31.4 Å². The summed E-state index contributed by atoms with van der Waals surface area (Å²) < 4.78 is 13.1. The smallest absolute Gasteiger partial charge is 0.204 e. The lowest BCUT2D eigenvalue weighted by Crippen LogP contribution is -2.42. The summed E-state index contributed by atoms with van der Waals surface area (Å²) in [5.41, 5.74) is 1.54. The van der Waals surface area contributed by atoms with E-state index < -0.39 is 0 Å². The van der Waals surface area contributed by atoms with Crippen molar-refractivity contribution < 1.29 is 4.39 Å². The second-order valence-corrected chi connectivity index (χ2v) is 5.07. The molecular weight excluding hydrogens is 253 g/mol. The van der Waals surface area contributed by atoms with Crippen molar-refractivity contribution in [1.82, 2.24) is 9.97 Å².